The highest BCUT2D eigenvalue weighted by Crippen LogP contribution is 2.23. The van der Waals surface area contributed by atoms with Crippen LogP contribution in [0.4, 0.5) is 5.69 Å². The molecule has 2 nitrogen and oxygen atoms in total. The Labute approximate surface area is 104 Å². The first kappa shape index (κ1) is 13.8. The summed E-state index contributed by atoms with van der Waals surface area (Å²) < 4.78 is 0. The number of para-hydroxylation sites is 1. The largest absolute Gasteiger partial charge is 0.326 e. The number of benzene rings is 1. The Hall–Kier alpha value is -1.31. The van der Waals surface area contributed by atoms with Crippen molar-refractivity contribution in [1.29, 1.82) is 0 Å². The van der Waals surface area contributed by atoms with Gasteiger partial charge in [0, 0.05) is 12.1 Å². The minimum atomic E-state index is 0.121. The molecule has 1 rings (SSSR count). The van der Waals surface area contributed by atoms with Gasteiger partial charge in [-0.3, -0.25) is 4.79 Å². The van der Waals surface area contributed by atoms with Gasteiger partial charge in [-0.15, -0.1) is 0 Å². The first-order chi connectivity index (χ1) is 8.08. The maximum absolute atomic E-state index is 11.8. The number of carbonyl (C=O) groups is 1. The standard InChI is InChI=1S/C15H23NO/c1-5-12-8-7-9-13(6-2)15(12)16-14(17)10-11(3)4/h7-9,11H,5-6,10H2,1-4H3,(H,16,17). The molecular formula is C15H23NO. The van der Waals surface area contributed by atoms with E-state index < -0.39 is 0 Å². The fourth-order valence-electron chi connectivity index (χ4n) is 1.96. The first-order valence-electron chi connectivity index (χ1n) is 6.49. The number of rotatable bonds is 5. The summed E-state index contributed by atoms with van der Waals surface area (Å²) in [5.74, 6) is 0.518. The molecule has 1 aromatic carbocycles. The van der Waals surface area contributed by atoms with E-state index in [0.29, 0.717) is 12.3 Å². The van der Waals surface area contributed by atoms with Crippen molar-refractivity contribution in [3.8, 4) is 0 Å². The maximum atomic E-state index is 11.8. The number of hydrogen-bond acceptors (Lipinski definition) is 1. The third kappa shape index (κ3) is 3.88. The highest BCUT2D eigenvalue weighted by atomic mass is 16.1. The Morgan fingerprint density at radius 1 is 1.18 bits per heavy atom. The summed E-state index contributed by atoms with van der Waals surface area (Å²) in [6.07, 6.45) is 2.48. The Bertz CT molecular complexity index is 360. The van der Waals surface area contributed by atoms with Crippen LogP contribution in [0, 0.1) is 5.92 Å². The van der Waals surface area contributed by atoms with Crippen molar-refractivity contribution in [3.63, 3.8) is 0 Å². The van der Waals surface area contributed by atoms with E-state index in [9.17, 15) is 4.79 Å². The quantitative estimate of drug-likeness (QED) is 0.823. The van der Waals surface area contributed by atoms with Crippen LogP contribution < -0.4 is 5.32 Å². The van der Waals surface area contributed by atoms with Crippen LogP contribution in [0.3, 0.4) is 0 Å². The second-order valence-corrected chi connectivity index (χ2v) is 4.80. The van der Waals surface area contributed by atoms with Gasteiger partial charge in [0.15, 0.2) is 0 Å². The molecule has 0 saturated carbocycles. The number of hydrogen-bond donors (Lipinski definition) is 1. The predicted molar refractivity (Wildman–Crippen MR) is 73.3 cm³/mol. The van der Waals surface area contributed by atoms with Crippen molar-refractivity contribution >= 4 is 11.6 Å². The molecule has 0 radical (unpaired) electrons. The van der Waals surface area contributed by atoms with E-state index in [1.54, 1.807) is 0 Å². The summed E-state index contributed by atoms with van der Waals surface area (Å²) in [5.41, 5.74) is 3.48. The summed E-state index contributed by atoms with van der Waals surface area (Å²) in [6.45, 7) is 8.36. The number of carbonyl (C=O) groups excluding carboxylic acids is 1. The highest BCUT2D eigenvalue weighted by Gasteiger charge is 2.10. The molecule has 94 valence electrons. The summed E-state index contributed by atoms with van der Waals surface area (Å²) in [5, 5.41) is 3.07. The van der Waals surface area contributed by atoms with E-state index in [4.69, 9.17) is 0 Å². The second kappa shape index (κ2) is 6.43. The van der Waals surface area contributed by atoms with E-state index in [0.717, 1.165) is 18.5 Å². The molecule has 0 fully saturated rings. The SMILES string of the molecule is CCc1cccc(CC)c1NC(=O)CC(C)C. The Balaban J connectivity index is 2.91. The number of nitrogens with one attached hydrogen (secondary N) is 1. The predicted octanol–water partition coefficient (Wildman–Crippen LogP) is 3.80. The zero-order valence-electron chi connectivity index (χ0n) is 11.3. The number of anilines is 1. The van der Waals surface area contributed by atoms with Gasteiger partial charge in [0.25, 0.3) is 0 Å². The van der Waals surface area contributed by atoms with Crippen molar-refractivity contribution in [2.24, 2.45) is 5.92 Å². The third-order valence-corrected chi connectivity index (χ3v) is 2.86. The van der Waals surface area contributed by atoms with E-state index >= 15 is 0 Å². The van der Waals surface area contributed by atoms with Gasteiger partial charge < -0.3 is 5.32 Å². The van der Waals surface area contributed by atoms with Gasteiger partial charge in [0.2, 0.25) is 5.91 Å². The molecule has 0 aromatic heterocycles. The molecule has 2 heteroatoms. The monoisotopic (exact) mass is 233 g/mol. The van der Waals surface area contributed by atoms with Crippen molar-refractivity contribution in [1.82, 2.24) is 0 Å². The normalized spacial score (nSPS) is 10.6. The highest BCUT2D eigenvalue weighted by molar-refractivity contribution is 5.92. The Morgan fingerprint density at radius 3 is 2.12 bits per heavy atom. The van der Waals surface area contributed by atoms with Gasteiger partial charge in [0.1, 0.15) is 0 Å². The van der Waals surface area contributed by atoms with Crippen LogP contribution in [0.2, 0.25) is 0 Å². The van der Waals surface area contributed by atoms with Crippen molar-refractivity contribution in [2.45, 2.75) is 47.0 Å². The lowest BCUT2D eigenvalue weighted by atomic mass is 10.0. The topological polar surface area (TPSA) is 29.1 Å². The van der Waals surface area contributed by atoms with Crippen molar-refractivity contribution in [2.75, 3.05) is 5.32 Å². The smallest absolute Gasteiger partial charge is 0.224 e. The zero-order chi connectivity index (χ0) is 12.8. The molecule has 1 aromatic rings. The lowest BCUT2D eigenvalue weighted by Crippen LogP contribution is -2.16. The summed E-state index contributed by atoms with van der Waals surface area (Å²) >= 11 is 0. The molecule has 0 bridgehead atoms. The van der Waals surface area contributed by atoms with Gasteiger partial charge in [-0.25, -0.2) is 0 Å². The average Bonchev–Trinajstić information content (AvgIpc) is 2.28. The minimum absolute atomic E-state index is 0.121. The maximum Gasteiger partial charge on any atom is 0.224 e. The van der Waals surface area contributed by atoms with Gasteiger partial charge in [-0.1, -0.05) is 45.9 Å². The average molecular weight is 233 g/mol. The van der Waals surface area contributed by atoms with Crippen LogP contribution in [-0.2, 0) is 17.6 Å². The van der Waals surface area contributed by atoms with Crippen LogP contribution in [0.1, 0.15) is 45.2 Å². The number of aryl methyl sites for hydroxylation is 2. The summed E-state index contributed by atoms with van der Waals surface area (Å²) in [6, 6.07) is 6.24. The molecule has 0 unspecified atom stereocenters. The fraction of sp³-hybridized carbons (Fsp3) is 0.533. The van der Waals surface area contributed by atoms with E-state index in [2.05, 4.69) is 51.2 Å². The van der Waals surface area contributed by atoms with Crippen LogP contribution in [0.15, 0.2) is 18.2 Å². The van der Waals surface area contributed by atoms with E-state index in [1.807, 2.05) is 0 Å². The molecular weight excluding hydrogens is 210 g/mol. The van der Waals surface area contributed by atoms with Crippen molar-refractivity contribution < 1.29 is 4.79 Å². The lowest BCUT2D eigenvalue weighted by molar-refractivity contribution is -0.116. The molecule has 0 spiro atoms. The van der Waals surface area contributed by atoms with Gasteiger partial charge in [-0.05, 0) is 29.9 Å². The van der Waals surface area contributed by atoms with Crippen LogP contribution >= 0.6 is 0 Å². The van der Waals surface area contributed by atoms with Gasteiger partial charge in [-0.2, -0.15) is 0 Å². The second-order valence-electron chi connectivity index (χ2n) is 4.80. The fourth-order valence-corrected chi connectivity index (χ4v) is 1.96. The van der Waals surface area contributed by atoms with E-state index in [1.165, 1.54) is 11.1 Å². The first-order valence-corrected chi connectivity index (χ1v) is 6.49. The molecule has 17 heavy (non-hydrogen) atoms. The van der Waals surface area contributed by atoms with Crippen molar-refractivity contribution in [3.05, 3.63) is 29.3 Å². The summed E-state index contributed by atoms with van der Waals surface area (Å²) in [7, 11) is 0. The minimum Gasteiger partial charge on any atom is -0.326 e. The molecule has 1 N–H and O–H groups in total. The molecule has 0 aliphatic carbocycles. The van der Waals surface area contributed by atoms with Crippen LogP contribution in [0.5, 0.6) is 0 Å². The van der Waals surface area contributed by atoms with Gasteiger partial charge >= 0.3 is 0 Å². The van der Waals surface area contributed by atoms with Gasteiger partial charge in [0.05, 0.1) is 0 Å². The summed E-state index contributed by atoms with van der Waals surface area (Å²) in [4.78, 5) is 11.8. The Kier molecular flexibility index (Phi) is 5.20. The lowest BCUT2D eigenvalue weighted by Gasteiger charge is -2.15. The van der Waals surface area contributed by atoms with Crippen LogP contribution in [-0.4, -0.2) is 5.91 Å². The molecule has 0 aliphatic heterocycles. The molecule has 0 atom stereocenters. The molecule has 0 heterocycles. The molecule has 0 saturated heterocycles. The molecule has 0 aliphatic rings. The Morgan fingerprint density at radius 2 is 1.71 bits per heavy atom. The number of amides is 1. The van der Waals surface area contributed by atoms with E-state index in [-0.39, 0.29) is 5.91 Å². The molecule has 1 amide bonds. The zero-order valence-corrected chi connectivity index (χ0v) is 11.3. The van der Waals surface area contributed by atoms with Crippen LogP contribution in [0.25, 0.3) is 0 Å². The third-order valence-electron chi connectivity index (χ3n) is 2.86.